The third-order valence-electron chi connectivity index (χ3n) is 3.63. The molecule has 0 bridgehead atoms. The average Bonchev–Trinajstić information content (AvgIpc) is 3.26. The monoisotopic (exact) mass is 355 g/mol. The van der Waals surface area contributed by atoms with Gasteiger partial charge in [0.1, 0.15) is 23.0 Å². The summed E-state index contributed by atoms with van der Waals surface area (Å²) in [5.74, 6) is 2.28. The molecule has 0 radical (unpaired) electrons. The molecule has 0 saturated heterocycles. The summed E-state index contributed by atoms with van der Waals surface area (Å²) in [6.07, 6.45) is 0. The predicted molar refractivity (Wildman–Crippen MR) is 97.8 cm³/mol. The van der Waals surface area contributed by atoms with Gasteiger partial charge in [-0.2, -0.15) is 5.10 Å². The van der Waals surface area contributed by atoms with Crippen LogP contribution >= 0.6 is 0 Å². The van der Waals surface area contributed by atoms with E-state index in [4.69, 9.17) is 13.9 Å². The Hall–Kier alpha value is -3.22. The van der Waals surface area contributed by atoms with Gasteiger partial charge < -0.3 is 19.2 Å². The van der Waals surface area contributed by atoms with Crippen LogP contribution < -0.4 is 14.8 Å². The molecule has 1 amide bonds. The molecule has 7 heteroatoms. The number of rotatable bonds is 7. The van der Waals surface area contributed by atoms with Crippen LogP contribution in [0.5, 0.6) is 11.5 Å². The number of aromatic nitrogens is 2. The number of carbonyl (C=O) groups is 1. The van der Waals surface area contributed by atoms with E-state index >= 15 is 0 Å². The Labute approximate surface area is 151 Å². The molecule has 0 aliphatic rings. The summed E-state index contributed by atoms with van der Waals surface area (Å²) in [5.41, 5.74) is 1.41. The summed E-state index contributed by atoms with van der Waals surface area (Å²) in [6, 6.07) is 10.6. The summed E-state index contributed by atoms with van der Waals surface area (Å²) in [7, 11) is 0. The minimum atomic E-state index is -0.356. The van der Waals surface area contributed by atoms with Crippen LogP contribution in [0.4, 0.5) is 5.69 Å². The second kappa shape index (κ2) is 7.77. The summed E-state index contributed by atoms with van der Waals surface area (Å²) >= 11 is 0. The maximum Gasteiger partial charge on any atom is 0.276 e. The highest BCUT2D eigenvalue weighted by Crippen LogP contribution is 2.30. The molecule has 7 nitrogen and oxygen atoms in total. The number of aryl methyl sites for hydroxylation is 1. The molecule has 0 saturated carbocycles. The van der Waals surface area contributed by atoms with Gasteiger partial charge >= 0.3 is 0 Å². The lowest BCUT2D eigenvalue weighted by molar-refractivity contribution is 0.102. The van der Waals surface area contributed by atoms with Crippen molar-refractivity contribution in [3.8, 4) is 23.0 Å². The fourth-order valence-electron chi connectivity index (χ4n) is 2.47. The lowest BCUT2D eigenvalue weighted by Crippen LogP contribution is -2.13. The average molecular weight is 355 g/mol. The van der Waals surface area contributed by atoms with Crippen molar-refractivity contribution in [1.29, 1.82) is 0 Å². The van der Waals surface area contributed by atoms with Gasteiger partial charge in [0.2, 0.25) is 0 Å². The molecule has 0 aliphatic carbocycles. The molecule has 0 atom stereocenters. The van der Waals surface area contributed by atoms with Crippen LogP contribution in [0, 0.1) is 6.92 Å². The van der Waals surface area contributed by atoms with Gasteiger partial charge in [0.25, 0.3) is 5.91 Å². The third kappa shape index (κ3) is 3.88. The second-order valence-electron chi connectivity index (χ2n) is 5.56. The molecule has 3 aromatic rings. The summed E-state index contributed by atoms with van der Waals surface area (Å²) < 4.78 is 16.6. The molecule has 26 heavy (non-hydrogen) atoms. The molecule has 2 N–H and O–H groups in total. The molecular weight excluding hydrogens is 334 g/mol. The highest BCUT2D eigenvalue weighted by atomic mass is 16.5. The Morgan fingerprint density at radius 2 is 1.96 bits per heavy atom. The fraction of sp³-hybridized carbons (Fsp3) is 0.263. The van der Waals surface area contributed by atoms with Crippen molar-refractivity contribution in [1.82, 2.24) is 10.2 Å². The van der Waals surface area contributed by atoms with E-state index in [0.29, 0.717) is 41.9 Å². The molecule has 0 unspecified atom stereocenters. The van der Waals surface area contributed by atoms with Crippen molar-refractivity contribution in [2.75, 3.05) is 18.5 Å². The zero-order valence-corrected chi connectivity index (χ0v) is 15.0. The predicted octanol–water partition coefficient (Wildman–Crippen LogP) is 4.03. The van der Waals surface area contributed by atoms with Crippen LogP contribution in [0.1, 0.15) is 30.1 Å². The summed E-state index contributed by atoms with van der Waals surface area (Å²) in [5, 5.41) is 9.70. The quantitative estimate of drug-likeness (QED) is 0.668. The van der Waals surface area contributed by atoms with Crippen molar-refractivity contribution >= 4 is 11.6 Å². The van der Waals surface area contributed by atoms with Gasteiger partial charge in [-0.05, 0) is 45.0 Å². The number of H-pyrrole nitrogens is 1. The van der Waals surface area contributed by atoms with Crippen molar-refractivity contribution in [2.24, 2.45) is 0 Å². The van der Waals surface area contributed by atoms with Gasteiger partial charge in [-0.15, -0.1) is 0 Å². The maximum absolute atomic E-state index is 12.6. The fourth-order valence-corrected chi connectivity index (χ4v) is 2.47. The zero-order valence-electron chi connectivity index (χ0n) is 15.0. The summed E-state index contributed by atoms with van der Waals surface area (Å²) in [4.78, 5) is 12.6. The molecular formula is C19H21N3O4. The Bertz CT molecular complexity index is 898. The smallest absolute Gasteiger partial charge is 0.276 e. The van der Waals surface area contributed by atoms with E-state index in [2.05, 4.69) is 15.5 Å². The van der Waals surface area contributed by atoms with E-state index in [0.717, 1.165) is 5.76 Å². The topological polar surface area (TPSA) is 89.4 Å². The first kappa shape index (κ1) is 17.6. The first-order valence-corrected chi connectivity index (χ1v) is 8.44. The number of aromatic amines is 1. The van der Waals surface area contributed by atoms with Gasteiger partial charge in [0.05, 0.1) is 18.9 Å². The highest BCUT2D eigenvalue weighted by molar-refractivity contribution is 6.04. The Morgan fingerprint density at radius 1 is 1.15 bits per heavy atom. The van der Waals surface area contributed by atoms with E-state index in [1.165, 1.54) is 0 Å². The van der Waals surface area contributed by atoms with E-state index in [1.54, 1.807) is 24.3 Å². The Morgan fingerprint density at radius 3 is 2.65 bits per heavy atom. The minimum absolute atomic E-state index is 0.248. The molecule has 0 aliphatic heterocycles. The van der Waals surface area contributed by atoms with Crippen LogP contribution in [0.3, 0.4) is 0 Å². The van der Waals surface area contributed by atoms with Gasteiger partial charge in [-0.3, -0.25) is 9.89 Å². The lowest BCUT2D eigenvalue weighted by Gasteiger charge is -2.13. The number of hydrogen-bond donors (Lipinski definition) is 2. The molecule has 1 aromatic carbocycles. The van der Waals surface area contributed by atoms with Gasteiger partial charge in [0.15, 0.2) is 11.5 Å². The van der Waals surface area contributed by atoms with Crippen molar-refractivity contribution in [3.05, 3.63) is 47.9 Å². The van der Waals surface area contributed by atoms with Crippen LogP contribution in [-0.4, -0.2) is 29.3 Å². The number of benzene rings is 1. The van der Waals surface area contributed by atoms with Crippen LogP contribution in [0.2, 0.25) is 0 Å². The van der Waals surface area contributed by atoms with Crippen molar-refractivity contribution < 1.29 is 18.7 Å². The first-order valence-electron chi connectivity index (χ1n) is 8.44. The Kier molecular flexibility index (Phi) is 5.26. The number of nitrogens with zero attached hydrogens (tertiary/aromatic N) is 1. The van der Waals surface area contributed by atoms with E-state index in [1.807, 2.05) is 32.9 Å². The normalized spacial score (nSPS) is 10.6. The zero-order chi connectivity index (χ0) is 18.5. The number of furan rings is 1. The first-order chi connectivity index (χ1) is 12.6. The Balaban J connectivity index is 1.81. The molecule has 2 aromatic heterocycles. The summed E-state index contributed by atoms with van der Waals surface area (Å²) in [6.45, 7) is 6.66. The van der Waals surface area contributed by atoms with E-state index in [9.17, 15) is 4.79 Å². The second-order valence-corrected chi connectivity index (χ2v) is 5.56. The molecule has 2 heterocycles. The lowest BCUT2D eigenvalue weighted by atomic mass is 10.2. The number of amides is 1. The largest absolute Gasteiger partial charge is 0.494 e. The van der Waals surface area contributed by atoms with Gasteiger partial charge in [0, 0.05) is 12.1 Å². The number of ether oxygens (including phenoxy) is 2. The standard InChI is InChI=1S/C19H21N3O4/c1-4-24-13-7-9-17(25-5-2)14(10-13)20-19(23)16-11-15(21-22-16)18-8-6-12(3)26-18/h6-11H,4-5H2,1-3H3,(H,20,23)(H,21,22). The van der Waals surface area contributed by atoms with Crippen LogP contribution in [0.15, 0.2) is 40.8 Å². The molecule has 0 fully saturated rings. The SMILES string of the molecule is CCOc1ccc(OCC)c(NC(=O)c2cc(-c3ccc(C)o3)[nH]n2)c1. The highest BCUT2D eigenvalue weighted by Gasteiger charge is 2.16. The van der Waals surface area contributed by atoms with Crippen molar-refractivity contribution in [3.63, 3.8) is 0 Å². The maximum atomic E-state index is 12.6. The minimum Gasteiger partial charge on any atom is -0.494 e. The molecule has 3 rings (SSSR count). The molecule has 0 spiro atoms. The van der Waals surface area contributed by atoms with Crippen LogP contribution in [0.25, 0.3) is 11.5 Å². The van der Waals surface area contributed by atoms with Crippen LogP contribution in [-0.2, 0) is 0 Å². The number of hydrogen-bond acceptors (Lipinski definition) is 5. The third-order valence-corrected chi connectivity index (χ3v) is 3.63. The number of anilines is 1. The molecule has 136 valence electrons. The van der Waals surface area contributed by atoms with Gasteiger partial charge in [-0.25, -0.2) is 0 Å². The van der Waals surface area contributed by atoms with Gasteiger partial charge in [-0.1, -0.05) is 0 Å². The number of nitrogens with one attached hydrogen (secondary N) is 2. The van der Waals surface area contributed by atoms with E-state index in [-0.39, 0.29) is 11.6 Å². The van der Waals surface area contributed by atoms with E-state index < -0.39 is 0 Å². The van der Waals surface area contributed by atoms with Crippen molar-refractivity contribution in [2.45, 2.75) is 20.8 Å². The number of carbonyl (C=O) groups excluding carboxylic acids is 1.